The van der Waals surface area contributed by atoms with Crippen LogP contribution >= 0.6 is 11.3 Å². The van der Waals surface area contributed by atoms with Crippen LogP contribution in [0.5, 0.6) is 5.75 Å². The molecule has 0 saturated carbocycles. The van der Waals surface area contributed by atoms with Gasteiger partial charge < -0.3 is 4.74 Å². The van der Waals surface area contributed by atoms with Gasteiger partial charge in [0, 0.05) is 16.1 Å². The summed E-state index contributed by atoms with van der Waals surface area (Å²) in [5.74, 6) is 0.243. The molecular weight excluding hydrogens is 422 g/mol. The molecule has 1 heterocycles. The number of ether oxygens (including phenoxy) is 1. The molecule has 1 aromatic heterocycles. The van der Waals surface area contributed by atoms with Gasteiger partial charge in [-0.3, -0.25) is 14.8 Å². The first-order valence-electron chi connectivity index (χ1n) is 9.45. The zero-order chi connectivity index (χ0) is 21.7. The molecule has 2 N–H and O–H groups in total. The van der Waals surface area contributed by atoms with Gasteiger partial charge in [-0.05, 0) is 62.7 Å². The van der Waals surface area contributed by atoms with E-state index in [-0.39, 0.29) is 10.8 Å². The number of sulfonamides is 1. The highest BCUT2D eigenvalue weighted by atomic mass is 32.2. The molecule has 0 aliphatic carbocycles. The fraction of sp³-hybridized carbons (Fsp3) is 0.238. The zero-order valence-electron chi connectivity index (χ0n) is 16.9. The van der Waals surface area contributed by atoms with Crippen LogP contribution in [0.1, 0.15) is 34.8 Å². The number of nitrogens with zero attached hydrogens (tertiary/aromatic N) is 1. The molecule has 9 heteroatoms. The van der Waals surface area contributed by atoms with E-state index in [1.807, 2.05) is 20.8 Å². The van der Waals surface area contributed by atoms with E-state index in [4.69, 9.17) is 4.74 Å². The summed E-state index contributed by atoms with van der Waals surface area (Å²) in [5.41, 5.74) is 1.57. The average Bonchev–Trinajstić information content (AvgIpc) is 3.07. The van der Waals surface area contributed by atoms with Crippen molar-refractivity contribution in [2.24, 2.45) is 0 Å². The summed E-state index contributed by atoms with van der Waals surface area (Å²) in [6.45, 7) is 6.32. The third-order valence-corrected chi connectivity index (χ3v) is 6.60. The molecule has 7 nitrogen and oxygen atoms in total. The molecule has 0 aliphatic rings. The van der Waals surface area contributed by atoms with Crippen LogP contribution in [-0.4, -0.2) is 25.9 Å². The van der Waals surface area contributed by atoms with Crippen LogP contribution in [0.15, 0.2) is 53.4 Å². The Morgan fingerprint density at radius 2 is 1.87 bits per heavy atom. The molecule has 2 aromatic carbocycles. The highest BCUT2D eigenvalue weighted by Gasteiger charge is 2.16. The molecule has 1 amide bonds. The molecule has 0 atom stereocenters. The second kappa shape index (κ2) is 9.27. The summed E-state index contributed by atoms with van der Waals surface area (Å²) in [7, 11) is -3.80. The van der Waals surface area contributed by atoms with Crippen LogP contribution in [0, 0.1) is 6.92 Å². The molecule has 30 heavy (non-hydrogen) atoms. The highest BCUT2D eigenvalue weighted by Crippen LogP contribution is 2.24. The van der Waals surface area contributed by atoms with Crippen molar-refractivity contribution >= 4 is 38.1 Å². The van der Waals surface area contributed by atoms with Gasteiger partial charge in [-0.1, -0.05) is 13.0 Å². The Balaban J connectivity index is 1.74. The maximum atomic E-state index is 12.7. The molecule has 0 unspecified atom stereocenters. The minimum absolute atomic E-state index is 0.103. The second-order valence-electron chi connectivity index (χ2n) is 6.42. The summed E-state index contributed by atoms with van der Waals surface area (Å²) >= 11 is 1.41. The Labute approximate surface area is 180 Å². The van der Waals surface area contributed by atoms with E-state index < -0.39 is 10.0 Å². The first kappa shape index (κ1) is 21.8. The summed E-state index contributed by atoms with van der Waals surface area (Å²) < 4.78 is 33.2. The number of hydrogen-bond acceptors (Lipinski definition) is 6. The molecule has 0 spiro atoms. The summed E-state index contributed by atoms with van der Waals surface area (Å²) in [4.78, 5) is 18.1. The highest BCUT2D eigenvalue weighted by molar-refractivity contribution is 7.92. The van der Waals surface area contributed by atoms with Crippen LogP contribution in [0.25, 0.3) is 0 Å². The summed E-state index contributed by atoms with van der Waals surface area (Å²) in [6.07, 6.45) is 0.793. The minimum atomic E-state index is -3.80. The normalized spacial score (nSPS) is 11.2. The van der Waals surface area contributed by atoms with Gasteiger partial charge in [-0.2, -0.15) is 0 Å². The Morgan fingerprint density at radius 3 is 2.50 bits per heavy atom. The summed E-state index contributed by atoms with van der Waals surface area (Å²) in [5, 5.41) is 3.29. The van der Waals surface area contributed by atoms with E-state index in [9.17, 15) is 13.2 Å². The molecule has 3 aromatic rings. The fourth-order valence-electron chi connectivity index (χ4n) is 2.80. The van der Waals surface area contributed by atoms with Crippen molar-refractivity contribution in [1.82, 2.24) is 4.98 Å². The average molecular weight is 446 g/mol. The number of anilines is 2. The van der Waals surface area contributed by atoms with Crippen LogP contribution in [0.3, 0.4) is 0 Å². The number of carbonyl (C=O) groups excluding carboxylic acids is 1. The number of hydrogen-bond donors (Lipinski definition) is 2. The number of aryl methyl sites for hydroxylation is 2. The van der Waals surface area contributed by atoms with Gasteiger partial charge >= 0.3 is 0 Å². The molecular formula is C21H23N3O4S2. The fourth-order valence-corrected chi connectivity index (χ4v) is 4.75. The first-order chi connectivity index (χ1) is 14.3. The second-order valence-corrected chi connectivity index (χ2v) is 9.31. The number of nitrogens with one attached hydrogen (secondary N) is 2. The van der Waals surface area contributed by atoms with Crippen LogP contribution in [0.2, 0.25) is 0 Å². The Hall–Kier alpha value is -2.91. The molecule has 158 valence electrons. The Bertz CT molecular complexity index is 1140. The van der Waals surface area contributed by atoms with E-state index >= 15 is 0 Å². The SMILES string of the molecule is CCOc1ccc(S(=O)(=O)Nc2cccc(C(=O)Nc3nc(CC)c(C)s3)c2)cc1. The monoisotopic (exact) mass is 445 g/mol. The predicted molar refractivity (Wildman–Crippen MR) is 119 cm³/mol. The van der Waals surface area contributed by atoms with Gasteiger partial charge in [0.2, 0.25) is 0 Å². The maximum Gasteiger partial charge on any atom is 0.261 e. The largest absolute Gasteiger partial charge is 0.494 e. The van der Waals surface area contributed by atoms with Crippen molar-refractivity contribution in [3.8, 4) is 5.75 Å². The quantitative estimate of drug-likeness (QED) is 0.533. The maximum absolute atomic E-state index is 12.7. The number of thiazole rings is 1. The number of benzene rings is 2. The first-order valence-corrected chi connectivity index (χ1v) is 11.8. The topological polar surface area (TPSA) is 97.4 Å². The molecule has 3 rings (SSSR count). The van der Waals surface area contributed by atoms with Gasteiger partial charge in [0.15, 0.2) is 5.13 Å². The standard InChI is InChI=1S/C21H23N3O4S2/c1-4-19-14(3)29-21(22-19)23-20(25)15-7-6-8-16(13-15)24-30(26,27)18-11-9-17(10-12-18)28-5-2/h6-13,24H,4-5H2,1-3H3,(H,22,23,25). The third-order valence-electron chi connectivity index (χ3n) is 4.27. The van der Waals surface area contributed by atoms with E-state index in [0.717, 1.165) is 17.0 Å². The van der Waals surface area contributed by atoms with Crippen molar-refractivity contribution < 1.29 is 17.9 Å². The van der Waals surface area contributed by atoms with Gasteiger partial charge in [-0.25, -0.2) is 13.4 Å². The molecule has 0 bridgehead atoms. The van der Waals surface area contributed by atoms with E-state index in [2.05, 4.69) is 15.0 Å². The smallest absolute Gasteiger partial charge is 0.261 e. The van der Waals surface area contributed by atoms with Gasteiger partial charge in [-0.15, -0.1) is 11.3 Å². The van der Waals surface area contributed by atoms with Crippen LogP contribution in [-0.2, 0) is 16.4 Å². The number of amides is 1. The molecule has 0 radical (unpaired) electrons. The number of rotatable bonds is 8. The Kier molecular flexibility index (Phi) is 6.73. The Morgan fingerprint density at radius 1 is 1.13 bits per heavy atom. The van der Waals surface area contributed by atoms with Crippen molar-refractivity contribution in [2.45, 2.75) is 32.1 Å². The lowest BCUT2D eigenvalue weighted by atomic mass is 10.2. The third kappa shape index (κ3) is 5.17. The zero-order valence-corrected chi connectivity index (χ0v) is 18.6. The van der Waals surface area contributed by atoms with Crippen molar-refractivity contribution in [3.63, 3.8) is 0 Å². The number of carbonyl (C=O) groups is 1. The van der Waals surface area contributed by atoms with Gasteiger partial charge in [0.25, 0.3) is 15.9 Å². The van der Waals surface area contributed by atoms with Crippen molar-refractivity contribution in [2.75, 3.05) is 16.6 Å². The van der Waals surface area contributed by atoms with E-state index in [1.165, 1.54) is 29.5 Å². The van der Waals surface area contributed by atoms with Gasteiger partial charge in [0.05, 0.1) is 17.2 Å². The van der Waals surface area contributed by atoms with E-state index in [1.54, 1.807) is 30.3 Å². The lowest BCUT2D eigenvalue weighted by molar-refractivity contribution is 0.102. The van der Waals surface area contributed by atoms with Gasteiger partial charge in [0.1, 0.15) is 5.75 Å². The molecule has 0 aliphatic heterocycles. The lowest BCUT2D eigenvalue weighted by Gasteiger charge is -2.10. The van der Waals surface area contributed by atoms with Crippen molar-refractivity contribution in [3.05, 3.63) is 64.7 Å². The molecule has 0 fully saturated rings. The van der Waals surface area contributed by atoms with Crippen LogP contribution < -0.4 is 14.8 Å². The summed E-state index contributed by atoms with van der Waals surface area (Å²) in [6, 6.07) is 12.5. The van der Waals surface area contributed by atoms with Crippen LogP contribution in [0.4, 0.5) is 10.8 Å². The minimum Gasteiger partial charge on any atom is -0.494 e. The molecule has 0 saturated heterocycles. The number of aromatic nitrogens is 1. The van der Waals surface area contributed by atoms with E-state index in [0.29, 0.717) is 28.7 Å². The lowest BCUT2D eigenvalue weighted by Crippen LogP contribution is -2.15. The predicted octanol–water partition coefficient (Wildman–Crippen LogP) is 4.47. The van der Waals surface area contributed by atoms with Crippen molar-refractivity contribution in [1.29, 1.82) is 0 Å².